The molecular formula is C22H32BN3O2. The van der Waals surface area contributed by atoms with Crippen molar-refractivity contribution in [3.8, 4) is 0 Å². The van der Waals surface area contributed by atoms with E-state index in [9.17, 15) is 0 Å². The van der Waals surface area contributed by atoms with Crippen molar-refractivity contribution in [2.24, 2.45) is 5.92 Å². The molecule has 1 aromatic carbocycles. The van der Waals surface area contributed by atoms with Gasteiger partial charge in [0.15, 0.2) is 13.6 Å². The lowest BCUT2D eigenvalue weighted by atomic mass is 9.89. The number of ether oxygens (including phenoxy) is 1. The Kier molecular flexibility index (Phi) is 6.19. The third kappa shape index (κ3) is 4.34. The fourth-order valence-electron chi connectivity index (χ4n) is 4.53. The van der Waals surface area contributed by atoms with E-state index in [1.54, 1.807) is 0 Å². The Morgan fingerprint density at radius 2 is 2.07 bits per heavy atom. The maximum absolute atomic E-state index is 5.93. The molecule has 1 saturated heterocycles. The minimum absolute atomic E-state index is 0.701. The van der Waals surface area contributed by atoms with Crippen LogP contribution < -0.4 is 0 Å². The Labute approximate surface area is 169 Å². The molecule has 0 radical (unpaired) electrons. The summed E-state index contributed by atoms with van der Waals surface area (Å²) < 4.78 is 11.4. The number of rotatable bonds is 6. The van der Waals surface area contributed by atoms with Gasteiger partial charge in [0.05, 0.1) is 18.9 Å². The summed E-state index contributed by atoms with van der Waals surface area (Å²) in [7, 11) is 6.44. The second kappa shape index (κ2) is 8.81. The van der Waals surface area contributed by atoms with Crippen LogP contribution in [0.2, 0.25) is 0 Å². The fraction of sp³-hybridized carbons (Fsp3) is 0.591. The van der Waals surface area contributed by atoms with Gasteiger partial charge in [-0.1, -0.05) is 17.3 Å². The van der Waals surface area contributed by atoms with E-state index in [4.69, 9.17) is 9.26 Å². The quantitative estimate of drug-likeness (QED) is 0.720. The maximum Gasteiger partial charge on any atom is 0.185 e. The third-order valence-electron chi connectivity index (χ3n) is 6.23. The predicted octanol–water partition coefficient (Wildman–Crippen LogP) is 2.89. The summed E-state index contributed by atoms with van der Waals surface area (Å²) in [6.07, 6.45) is 8.00. The average Bonchev–Trinajstić information content (AvgIpc) is 3.12. The number of fused-ring (bicyclic) bond motifs is 1. The zero-order valence-corrected chi connectivity index (χ0v) is 17.5. The molecule has 0 spiro atoms. The van der Waals surface area contributed by atoms with E-state index in [1.165, 1.54) is 54.4 Å². The van der Waals surface area contributed by atoms with Crippen LogP contribution in [0.25, 0.3) is 16.5 Å². The summed E-state index contributed by atoms with van der Waals surface area (Å²) in [4.78, 5) is 4.64. The van der Waals surface area contributed by atoms with E-state index < -0.39 is 0 Å². The first-order valence-electron chi connectivity index (χ1n) is 10.6. The number of nitrogens with zero attached hydrogens (tertiary/aromatic N) is 3. The maximum atomic E-state index is 5.93. The minimum atomic E-state index is 0.701. The molecule has 5 nitrogen and oxygen atoms in total. The van der Waals surface area contributed by atoms with Gasteiger partial charge in [0.2, 0.25) is 0 Å². The fourth-order valence-corrected chi connectivity index (χ4v) is 4.53. The number of hydrogen-bond acceptors (Lipinski definition) is 5. The number of aromatic nitrogens is 1. The smallest absolute Gasteiger partial charge is 0.185 e. The lowest BCUT2D eigenvalue weighted by molar-refractivity contribution is 0.161. The highest BCUT2D eigenvalue weighted by Crippen LogP contribution is 2.33. The van der Waals surface area contributed by atoms with Crippen LogP contribution in [-0.4, -0.2) is 63.2 Å². The molecule has 0 saturated carbocycles. The van der Waals surface area contributed by atoms with Gasteiger partial charge in [-0.3, -0.25) is 0 Å². The molecule has 150 valence electrons. The van der Waals surface area contributed by atoms with Gasteiger partial charge in [-0.15, -0.1) is 0 Å². The third-order valence-corrected chi connectivity index (χ3v) is 6.23. The standard InChI is InChI=1S/C22H32BN3O2/c1-25(2)15-20-18(17-9-13-27-14-10-17)4-5-19-21(24-28-22(19)20)6-3-16-7-11-26(23)12-8-16/h4-5,9,16H,3,6-8,10-15,23H2,1-2H3. The molecule has 0 aliphatic carbocycles. The normalized spacial score (nSPS) is 19.5. The zero-order chi connectivity index (χ0) is 19.5. The zero-order valence-electron chi connectivity index (χ0n) is 17.5. The van der Waals surface area contributed by atoms with E-state index in [-0.39, 0.29) is 0 Å². The van der Waals surface area contributed by atoms with Crippen LogP contribution in [0.5, 0.6) is 0 Å². The van der Waals surface area contributed by atoms with Gasteiger partial charge in [-0.25, -0.2) is 0 Å². The highest BCUT2D eigenvalue weighted by Gasteiger charge is 2.21. The van der Waals surface area contributed by atoms with Gasteiger partial charge in [-0.05, 0) is 82.4 Å². The number of aryl methyl sites for hydroxylation is 1. The van der Waals surface area contributed by atoms with E-state index in [0.717, 1.165) is 43.2 Å². The molecule has 2 aromatic rings. The van der Waals surface area contributed by atoms with Crippen molar-refractivity contribution in [3.05, 3.63) is 35.0 Å². The van der Waals surface area contributed by atoms with Crippen molar-refractivity contribution >= 4 is 24.5 Å². The number of piperidine rings is 1. The molecule has 0 atom stereocenters. The second-order valence-electron chi connectivity index (χ2n) is 8.68. The largest absolute Gasteiger partial charge is 0.377 e. The Bertz CT molecular complexity index is 838. The van der Waals surface area contributed by atoms with Crippen LogP contribution >= 0.6 is 0 Å². The molecule has 0 N–H and O–H groups in total. The second-order valence-corrected chi connectivity index (χ2v) is 8.68. The van der Waals surface area contributed by atoms with E-state index in [1.807, 2.05) is 0 Å². The Morgan fingerprint density at radius 1 is 1.25 bits per heavy atom. The van der Waals surface area contributed by atoms with Crippen LogP contribution in [0.4, 0.5) is 0 Å². The molecule has 4 rings (SSSR count). The van der Waals surface area contributed by atoms with Crippen LogP contribution in [0.3, 0.4) is 0 Å². The lowest BCUT2D eigenvalue weighted by Gasteiger charge is -2.29. The molecule has 0 amide bonds. The van der Waals surface area contributed by atoms with Gasteiger partial charge in [-0.2, -0.15) is 0 Å². The summed E-state index contributed by atoms with van der Waals surface area (Å²) in [6.45, 7) is 4.80. The summed E-state index contributed by atoms with van der Waals surface area (Å²) in [5.41, 5.74) is 6.02. The molecule has 2 aliphatic rings. The van der Waals surface area contributed by atoms with E-state index >= 15 is 0 Å². The topological polar surface area (TPSA) is 41.7 Å². The molecule has 0 unspecified atom stereocenters. The molecule has 1 aromatic heterocycles. The van der Waals surface area contributed by atoms with E-state index in [2.05, 4.69) is 55.2 Å². The summed E-state index contributed by atoms with van der Waals surface area (Å²) >= 11 is 0. The Morgan fingerprint density at radius 3 is 2.79 bits per heavy atom. The van der Waals surface area contributed by atoms with Crippen LogP contribution in [0.1, 0.15) is 42.5 Å². The van der Waals surface area contributed by atoms with Gasteiger partial charge < -0.3 is 19.0 Å². The van der Waals surface area contributed by atoms with Crippen molar-refractivity contribution in [2.45, 2.75) is 38.6 Å². The predicted molar refractivity (Wildman–Crippen MR) is 116 cm³/mol. The molecule has 2 aliphatic heterocycles. The van der Waals surface area contributed by atoms with Crippen molar-refractivity contribution < 1.29 is 9.26 Å². The highest BCUT2D eigenvalue weighted by atomic mass is 16.5. The van der Waals surface area contributed by atoms with Crippen molar-refractivity contribution in [1.29, 1.82) is 0 Å². The monoisotopic (exact) mass is 381 g/mol. The molecule has 0 bridgehead atoms. The molecule has 6 heteroatoms. The Hall–Kier alpha value is -1.63. The van der Waals surface area contributed by atoms with Crippen LogP contribution in [-0.2, 0) is 17.7 Å². The van der Waals surface area contributed by atoms with Crippen LogP contribution in [0.15, 0.2) is 22.7 Å². The molecule has 1 fully saturated rings. The molecule has 3 heterocycles. The van der Waals surface area contributed by atoms with Crippen molar-refractivity contribution in [2.75, 3.05) is 40.4 Å². The minimum Gasteiger partial charge on any atom is -0.377 e. The lowest BCUT2D eigenvalue weighted by Crippen LogP contribution is -2.31. The van der Waals surface area contributed by atoms with Crippen molar-refractivity contribution in [3.63, 3.8) is 0 Å². The van der Waals surface area contributed by atoms with E-state index in [0.29, 0.717) is 6.61 Å². The summed E-state index contributed by atoms with van der Waals surface area (Å²) in [5, 5.41) is 5.70. The summed E-state index contributed by atoms with van der Waals surface area (Å²) in [5.74, 6) is 0.816. The first-order valence-corrected chi connectivity index (χ1v) is 10.6. The molecule has 28 heavy (non-hydrogen) atoms. The van der Waals surface area contributed by atoms with Crippen LogP contribution in [0, 0.1) is 5.92 Å². The summed E-state index contributed by atoms with van der Waals surface area (Å²) in [6, 6.07) is 4.50. The van der Waals surface area contributed by atoms with Gasteiger partial charge in [0, 0.05) is 17.5 Å². The van der Waals surface area contributed by atoms with Crippen molar-refractivity contribution in [1.82, 2.24) is 14.9 Å². The first-order chi connectivity index (χ1) is 13.6. The Balaban J connectivity index is 1.59. The number of benzene rings is 1. The highest BCUT2D eigenvalue weighted by molar-refractivity contribution is 6.04. The van der Waals surface area contributed by atoms with Gasteiger partial charge in [0.1, 0.15) is 0 Å². The molecular weight excluding hydrogens is 349 g/mol. The SMILES string of the molecule is BN1CCC(CCc2noc3c(CN(C)C)c(C4=CCOCC4)ccc23)CC1. The first kappa shape index (κ1) is 19.7. The number of hydrogen-bond donors (Lipinski definition) is 0. The van der Waals surface area contributed by atoms with Gasteiger partial charge in [0.25, 0.3) is 0 Å². The average molecular weight is 381 g/mol. The van der Waals surface area contributed by atoms with Gasteiger partial charge >= 0.3 is 0 Å².